The summed E-state index contributed by atoms with van der Waals surface area (Å²) in [5, 5.41) is 3.59. The fraction of sp³-hybridized carbons (Fsp3) is 0.250. The Kier molecular flexibility index (Phi) is 4.71. The minimum Gasteiger partial charge on any atom is -0.378 e. The Hall–Kier alpha value is -1.06. The molecule has 0 amide bonds. The highest BCUT2D eigenvalue weighted by molar-refractivity contribution is 9.10. The Morgan fingerprint density at radius 1 is 1.15 bits per heavy atom. The second kappa shape index (κ2) is 6.15. The molecule has 2 aromatic rings. The van der Waals surface area contributed by atoms with Crippen molar-refractivity contribution in [3.05, 3.63) is 62.3 Å². The summed E-state index contributed by atoms with van der Waals surface area (Å²) in [6, 6.07) is 9.02. The number of anilines is 1. The molecule has 0 aliphatic heterocycles. The van der Waals surface area contributed by atoms with Crippen molar-refractivity contribution in [2.75, 3.05) is 5.32 Å². The smallest absolute Gasteiger partial charge is 0.142 e. The van der Waals surface area contributed by atoms with Crippen molar-refractivity contribution in [2.45, 2.75) is 26.8 Å². The Bertz CT molecular complexity index is 619. The van der Waals surface area contributed by atoms with Gasteiger partial charge in [-0.15, -0.1) is 0 Å². The number of rotatable bonds is 3. The van der Waals surface area contributed by atoms with E-state index in [2.05, 4.69) is 47.2 Å². The molecule has 1 N–H and O–H groups in total. The molecule has 0 aliphatic rings. The Balaban J connectivity index is 2.27. The molecule has 1 unspecified atom stereocenters. The summed E-state index contributed by atoms with van der Waals surface area (Å²) in [5.41, 5.74) is 4.25. The molecular weight excluding hydrogens is 341 g/mol. The number of halogens is 3. The van der Waals surface area contributed by atoms with Crippen molar-refractivity contribution in [1.29, 1.82) is 0 Å². The molecule has 1 nitrogen and oxygen atoms in total. The van der Waals surface area contributed by atoms with Crippen LogP contribution >= 0.6 is 27.5 Å². The van der Waals surface area contributed by atoms with Crippen LogP contribution in [0.25, 0.3) is 0 Å². The van der Waals surface area contributed by atoms with Gasteiger partial charge in [0.15, 0.2) is 0 Å². The standard InChI is InChI=1S/C16H16BrClFN/c1-9-6-13(17)7-10(2)16(9)20-11(3)12-4-5-14(18)15(19)8-12/h4-8,11,20H,1-3H3. The van der Waals surface area contributed by atoms with E-state index in [4.69, 9.17) is 11.6 Å². The molecule has 4 heteroatoms. The molecule has 2 rings (SSSR count). The maximum Gasteiger partial charge on any atom is 0.142 e. The van der Waals surface area contributed by atoms with Gasteiger partial charge in [-0.2, -0.15) is 0 Å². The van der Waals surface area contributed by atoms with Crippen LogP contribution in [-0.4, -0.2) is 0 Å². The Labute approximate surface area is 132 Å². The molecule has 0 radical (unpaired) electrons. The fourth-order valence-electron chi connectivity index (χ4n) is 2.22. The van der Waals surface area contributed by atoms with Crippen LogP contribution in [0.15, 0.2) is 34.8 Å². The van der Waals surface area contributed by atoms with Crippen LogP contribution in [0.3, 0.4) is 0 Å². The van der Waals surface area contributed by atoms with Crippen LogP contribution in [-0.2, 0) is 0 Å². The first-order valence-corrected chi connectivity index (χ1v) is 7.54. The third-order valence-electron chi connectivity index (χ3n) is 3.30. The molecule has 0 spiro atoms. The van der Waals surface area contributed by atoms with Gasteiger partial charge in [-0.3, -0.25) is 0 Å². The van der Waals surface area contributed by atoms with E-state index in [0.29, 0.717) is 0 Å². The quantitative estimate of drug-likeness (QED) is 0.708. The third-order valence-corrected chi connectivity index (χ3v) is 4.07. The molecule has 0 bridgehead atoms. The summed E-state index contributed by atoms with van der Waals surface area (Å²) in [6.45, 7) is 6.11. The van der Waals surface area contributed by atoms with Crippen molar-refractivity contribution in [3.63, 3.8) is 0 Å². The van der Waals surface area contributed by atoms with Gasteiger partial charge in [0.25, 0.3) is 0 Å². The van der Waals surface area contributed by atoms with E-state index in [1.54, 1.807) is 6.07 Å². The van der Waals surface area contributed by atoms with Crippen molar-refractivity contribution in [1.82, 2.24) is 0 Å². The highest BCUT2D eigenvalue weighted by Crippen LogP contribution is 2.29. The molecule has 2 aromatic carbocycles. The molecule has 0 fully saturated rings. The fourth-order valence-corrected chi connectivity index (χ4v) is 3.02. The summed E-state index contributed by atoms with van der Waals surface area (Å²) in [7, 11) is 0. The van der Waals surface area contributed by atoms with Crippen molar-refractivity contribution < 1.29 is 4.39 Å². The first kappa shape index (κ1) is 15.3. The molecule has 106 valence electrons. The van der Waals surface area contributed by atoms with Crippen molar-refractivity contribution in [2.24, 2.45) is 0 Å². The van der Waals surface area contributed by atoms with Gasteiger partial charge in [0.05, 0.1) is 5.02 Å². The maximum atomic E-state index is 13.5. The van der Waals surface area contributed by atoms with E-state index in [1.165, 1.54) is 6.07 Å². The van der Waals surface area contributed by atoms with Crippen molar-refractivity contribution in [3.8, 4) is 0 Å². The number of benzene rings is 2. The second-order valence-electron chi connectivity index (χ2n) is 4.95. The predicted octanol–water partition coefficient (Wildman–Crippen LogP) is 6.03. The third kappa shape index (κ3) is 3.33. The molecule has 0 heterocycles. The summed E-state index contributed by atoms with van der Waals surface area (Å²) in [5.74, 6) is -0.387. The van der Waals surface area contributed by atoms with Gasteiger partial charge in [0.2, 0.25) is 0 Å². The Morgan fingerprint density at radius 3 is 2.30 bits per heavy atom. The zero-order chi connectivity index (χ0) is 14.9. The van der Waals surface area contributed by atoms with Gasteiger partial charge >= 0.3 is 0 Å². The SMILES string of the molecule is Cc1cc(Br)cc(C)c1NC(C)c1ccc(Cl)c(F)c1. The van der Waals surface area contributed by atoms with E-state index in [1.807, 2.05) is 13.0 Å². The second-order valence-corrected chi connectivity index (χ2v) is 6.28. The molecular formula is C16H16BrClFN. The minimum absolute atomic E-state index is 0.000317. The first-order valence-electron chi connectivity index (χ1n) is 6.36. The highest BCUT2D eigenvalue weighted by Gasteiger charge is 2.11. The van der Waals surface area contributed by atoms with Crippen LogP contribution in [0.2, 0.25) is 5.02 Å². The van der Waals surface area contributed by atoms with E-state index in [9.17, 15) is 4.39 Å². The van der Waals surface area contributed by atoms with E-state index in [0.717, 1.165) is 26.9 Å². The largest absolute Gasteiger partial charge is 0.378 e. The topological polar surface area (TPSA) is 12.0 Å². The lowest BCUT2D eigenvalue weighted by Gasteiger charge is -2.20. The van der Waals surface area contributed by atoms with Crippen LogP contribution in [0.1, 0.15) is 29.7 Å². The van der Waals surface area contributed by atoms with Crippen LogP contribution < -0.4 is 5.32 Å². The summed E-state index contributed by atoms with van der Waals surface area (Å²) in [4.78, 5) is 0. The zero-order valence-corrected chi connectivity index (χ0v) is 13.9. The van der Waals surface area contributed by atoms with Crippen molar-refractivity contribution >= 4 is 33.2 Å². The monoisotopic (exact) mass is 355 g/mol. The molecule has 0 aliphatic carbocycles. The number of hydrogen-bond donors (Lipinski definition) is 1. The Morgan fingerprint density at radius 2 is 1.75 bits per heavy atom. The van der Waals surface area contributed by atoms with Gasteiger partial charge in [0, 0.05) is 16.2 Å². The van der Waals surface area contributed by atoms with Gasteiger partial charge in [-0.25, -0.2) is 4.39 Å². The lowest BCUT2D eigenvalue weighted by molar-refractivity contribution is 0.624. The highest BCUT2D eigenvalue weighted by atomic mass is 79.9. The van der Waals surface area contributed by atoms with E-state index >= 15 is 0 Å². The average Bonchev–Trinajstić information content (AvgIpc) is 2.36. The van der Waals surface area contributed by atoms with Gasteiger partial charge in [-0.1, -0.05) is 33.6 Å². The van der Waals surface area contributed by atoms with Crippen LogP contribution in [0, 0.1) is 19.7 Å². The van der Waals surface area contributed by atoms with E-state index in [-0.39, 0.29) is 16.9 Å². The molecule has 20 heavy (non-hydrogen) atoms. The molecule has 0 saturated carbocycles. The minimum atomic E-state index is -0.387. The van der Waals surface area contributed by atoms with Crippen LogP contribution in [0.5, 0.6) is 0 Å². The maximum absolute atomic E-state index is 13.5. The van der Waals surface area contributed by atoms with Gasteiger partial charge in [0.1, 0.15) is 5.82 Å². The normalized spacial score (nSPS) is 12.3. The first-order chi connectivity index (χ1) is 9.38. The zero-order valence-electron chi connectivity index (χ0n) is 11.6. The van der Waals surface area contributed by atoms with Crippen LogP contribution in [0.4, 0.5) is 10.1 Å². The number of nitrogens with one attached hydrogen (secondary N) is 1. The number of hydrogen-bond acceptors (Lipinski definition) is 1. The molecule has 0 aromatic heterocycles. The summed E-state index contributed by atoms with van der Waals surface area (Å²) < 4.78 is 14.6. The molecule has 1 atom stereocenters. The van der Waals surface area contributed by atoms with Gasteiger partial charge in [-0.05, 0) is 61.7 Å². The predicted molar refractivity (Wildman–Crippen MR) is 87.1 cm³/mol. The van der Waals surface area contributed by atoms with Gasteiger partial charge < -0.3 is 5.32 Å². The average molecular weight is 357 g/mol. The lowest BCUT2D eigenvalue weighted by Crippen LogP contribution is -2.09. The summed E-state index contributed by atoms with van der Waals surface area (Å²) >= 11 is 9.20. The summed E-state index contributed by atoms with van der Waals surface area (Å²) in [6.07, 6.45) is 0. The number of aryl methyl sites for hydroxylation is 2. The lowest BCUT2D eigenvalue weighted by atomic mass is 10.0. The van der Waals surface area contributed by atoms with E-state index < -0.39 is 0 Å². The molecule has 0 saturated heterocycles.